The zero-order valence-electron chi connectivity index (χ0n) is 19.6. The molecule has 1 N–H and O–H groups in total. The van der Waals surface area contributed by atoms with Gasteiger partial charge in [0.1, 0.15) is 17.1 Å². The number of rotatable bonds is 6. The Bertz CT molecular complexity index is 1550. The lowest BCUT2D eigenvalue weighted by molar-refractivity contribution is 0.102. The van der Waals surface area contributed by atoms with E-state index in [4.69, 9.17) is 4.74 Å². The third-order valence-electron chi connectivity index (χ3n) is 5.67. The summed E-state index contributed by atoms with van der Waals surface area (Å²) in [5.41, 5.74) is 2.69. The van der Waals surface area contributed by atoms with E-state index in [-0.39, 0.29) is 5.56 Å². The van der Waals surface area contributed by atoms with Gasteiger partial charge in [-0.3, -0.25) is 9.59 Å². The summed E-state index contributed by atoms with van der Waals surface area (Å²) < 4.78 is 7.03. The lowest BCUT2D eigenvalue weighted by atomic mass is 9.95. The van der Waals surface area contributed by atoms with Gasteiger partial charge in [-0.1, -0.05) is 78.9 Å². The van der Waals surface area contributed by atoms with Gasteiger partial charge in [0.05, 0.1) is 5.69 Å². The monoisotopic (exact) mass is 473 g/mol. The minimum absolute atomic E-state index is 0.0298. The predicted octanol–water partition coefficient (Wildman–Crippen LogP) is 6.16. The molecule has 6 heteroatoms. The van der Waals surface area contributed by atoms with Crippen molar-refractivity contribution in [2.75, 3.05) is 5.32 Å². The normalized spacial score (nSPS) is 10.6. The Morgan fingerprint density at radius 2 is 1.25 bits per heavy atom. The van der Waals surface area contributed by atoms with Gasteiger partial charge in [-0.15, -0.1) is 0 Å². The zero-order valence-corrected chi connectivity index (χ0v) is 19.6. The van der Waals surface area contributed by atoms with Crippen LogP contribution in [-0.2, 0) is 7.05 Å². The molecule has 0 bridgehead atoms. The first kappa shape index (κ1) is 22.8. The average molecular weight is 474 g/mol. The molecule has 5 rings (SSSR count). The fraction of sp³-hybridized carbons (Fsp3) is 0.0333. The second-order valence-corrected chi connectivity index (χ2v) is 8.15. The van der Waals surface area contributed by atoms with Crippen LogP contribution in [0.1, 0.15) is 10.4 Å². The summed E-state index contributed by atoms with van der Waals surface area (Å²) in [7, 11) is 1.55. The number of hydrogen-bond acceptors (Lipinski definition) is 4. The van der Waals surface area contributed by atoms with E-state index >= 15 is 0 Å². The number of carbonyl (C=O) groups excluding carboxylic acids is 1. The molecule has 0 saturated heterocycles. The number of anilines is 1. The molecule has 176 valence electrons. The van der Waals surface area contributed by atoms with E-state index < -0.39 is 11.5 Å². The molecule has 0 spiro atoms. The Balaban J connectivity index is 1.53. The van der Waals surface area contributed by atoms with Gasteiger partial charge in [-0.05, 0) is 42.0 Å². The van der Waals surface area contributed by atoms with E-state index in [2.05, 4.69) is 10.4 Å². The van der Waals surface area contributed by atoms with Gasteiger partial charge in [-0.25, -0.2) is 4.68 Å². The van der Waals surface area contributed by atoms with Gasteiger partial charge < -0.3 is 10.1 Å². The summed E-state index contributed by atoms with van der Waals surface area (Å²) in [6.45, 7) is 0. The van der Waals surface area contributed by atoms with E-state index in [1.54, 1.807) is 31.3 Å². The molecule has 0 radical (unpaired) electrons. The van der Waals surface area contributed by atoms with E-state index in [0.717, 1.165) is 16.9 Å². The van der Waals surface area contributed by atoms with Gasteiger partial charge in [-0.2, -0.15) is 5.10 Å². The number of para-hydroxylation sites is 1. The smallest absolute Gasteiger partial charge is 0.280 e. The highest BCUT2D eigenvalue weighted by atomic mass is 16.5. The van der Waals surface area contributed by atoms with Crippen LogP contribution >= 0.6 is 0 Å². The van der Waals surface area contributed by atoms with Crippen molar-refractivity contribution < 1.29 is 9.53 Å². The molecule has 0 unspecified atom stereocenters. The lowest BCUT2D eigenvalue weighted by Crippen LogP contribution is -2.31. The third kappa shape index (κ3) is 4.79. The molecule has 36 heavy (non-hydrogen) atoms. The van der Waals surface area contributed by atoms with Crippen LogP contribution < -0.4 is 15.6 Å². The number of nitrogens with one attached hydrogen (secondary N) is 1. The Morgan fingerprint density at radius 3 is 1.86 bits per heavy atom. The number of aromatic nitrogens is 2. The first-order valence-electron chi connectivity index (χ1n) is 11.5. The van der Waals surface area contributed by atoms with Gasteiger partial charge in [0.2, 0.25) is 0 Å². The summed E-state index contributed by atoms with van der Waals surface area (Å²) in [6, 6.07) is 35.3. The van der Waals surface area contributed by atoms with Crippen molar-refractivity contribution in [1.29, 1.82) is 0 Å². The van der Waals surface area contributed by atoms with Crippen LogP contribution in [0.5, 0.6) is 11.5 Å². The molecule has 5 aromatic rings. The zero-order chi connectivity index (χ0) is 24.9. The van der Waals surface area contributed by atoms with E-state index in [1.165, 1.54) is 4.68 Å². The molecule has 6 nitrogen and oxygen atoms in total. The van der Waals surface area contributed by atoms with Crippen LogP contribution in [-0.4, -0.2) is 15.7 Å². The summed E-state index contributed by atoms with van der Waals surface area (Å²) in [4.78, 5) is 26.8. The molecule has 0 fully saturated rings. The minimum Gasteiger partial charge on any atom is -0.457 e. The number of nitrogens with zero attached hydrogens (tertiary/aromatic N) is 2. The second-order valence-electron chi connectivity index (χ2n) is 8.15. The van der Waals surface area contributed by atoms with Gasteiger partial charge in [0.15, 0.2) is 0 Å². The van der Waals surface area contributed by atoms with E-state index in [0.29, 0.717) is 22.7 Å². The van der Waals surface area contributed by atoms with Crippen LogP contribution in [0.4, 0.5) is 5.69 Å². The molecule has 1 heterocycles. The number of hydrogen-bond donors (Lipinski definition) is 1. The Hall–Kier alpha value is -4.97. The van der Waals surface area contributed by atoms with Crippen molar-refractivity contribution in [2.45, 2.75) is 0 Å². The van der Waals surface area contributed by atoms with Gasteiger partial charge in [0, 0.05) is 23.9 Å². The first-order chi connectivity index (χ1) is 17.6. The highest BCUT2D eigenvalue weighted by Gasteiger charge is 2.24. The van der Waals surface area contributed by atoms with Gasteiger partial charge >= 0.3 is 0 Å². The molecule has 0 aliphatic carbocycles. The second kappa shape index (κ2) is 10.1. The highest BCUT2D eigenvalue weighted by Crippen LogP contribution is 2.32. The number of amides is 1. The van der Waals surface area contributed by atoms with Crippen LogP contribution in [0.3, 0.4) is 0 Å². The highest BCUT2D eigenvalue weighted by molar-refractivity contribution is 6.10. The topological polar surface area (TPSA) is 73.2 Å². The standard InChI is InChI=1S/C30H23N3O3/c1-33-30(35)27(26(21-11-5-2-6-12-21)28(32-33)22-13-7-3-8-14-22)29(34)31-23-17-19-25(20-18-23)36-24-15-9-4-10-16-24/h2-20H,1H3,(H,31,34). The summed E-state index contributed by atoms with van der Waals surface area (Å²) in [6.07, 6.45) is 0. The van der Waals surface area contributed by atoms with Crippen LogP contribution in [0, 0.1) is 0 Å². The first-order valence-corrected chi connectivity index (χ1v) is 11.5. The fourth-order valence-corrected chi connectivity index (χ4v) is 3.95. The quantitative estimate of drug-likeness (QED) is 0.321. The third-order valence-corrected chi connectivity index (χ3v) is 5.67. The lowest BCUT2D eigenvalue weighted by Gasteiger charge is -2.16. The Kier molecular flexibility index (Phi) is 6.40. The Morgan fingerprint density at radius 1 is 0.722 bits per heavy atom. The van der Waals surface area contributed by atoms with E-state index in [9.17, 15) is 9.59 Å². The van der Waals surface area contributed by atoms with Crippen molar-refractivity contribution >= 4 is 11.6 Å². The molecular formula is C30H23N3O3. The summed E-state index contributed by atoms with van der Waals surface area (Å²) in [5, 5.41) is 7.40. The van der Waals surface area contributed by atoms with Gasteiger partial charge in [0.25, 0.3) is 11.5 Å². The van der Waals surface area contributed by atoms with Crippen LogP contribution in [0.25, 0.3) is 22.4 Å². The molecule has 0 aliphatic heterocycles. The number of ether oxygens (including phenoxy) is 1. The van der Waals surface area contributed by atoms with Crippen molar-refractivity contribution in [3.8, 4) is 33.9 Å². The minimum atomic E-state index is -0.509. The van der Waals surface area contributed by atoms with Crippen molar-refractivity contribution in [2.24, 2.45) is 7.05 Å². The molecule has 0 aliphatic rings. The molecule has 0 atom stereocenters. The maximum Gasteiger partial charge on any atom is 0.280 e. The number of carbonyl (C=O) groups is 1. The maximum atomic E-state index is 13.6. The molecule has 4 aromatic carbocycles. The van der Waals surface area contributed by atoms with Crippen molar-refractivity contribution in [3.05, 3.63) is 131 Å². The predicted molar refractivity (Wildman–Crippen MR) is 141 cm³/mol. The van der Waals surface area contributed by atoms with Crippen molar-refractivity contribution in [3.63, 3.8) is 0 Å². The summed E-state index contributed by atoms with van der Waals surface area (Å²) in [5.74, 6) is 0.844. The van der Waals surface area contributed by atoms with Crippen LogP contribution in [0.2, 0.25) is 0 Å². The molecular weight excluding hydrogens is 450 g/mol. The van der Waals surface area contributed by atoms with Crippen LogP contribution in [0.15, 0.2) is 120 Å². The largest absolute Gasteiger partial charge is 0.457 e. The average Bonchev–Trinajstić information content (AvgIpc) is 2.92. The number of benzene rings is 4. The van der Waals surface area contributed by atoms with Crippen molar-refractivity contribution in [1.82, 2.24) is 9.78 Å². The fourth-order valence-electron chi connectivity index (χ4n) is 3.95. The molecule has 0 saturated carbocycles. The molecule has 1 amide bonds. The maximum absolute atomic E-state index is 13.6. The Labute approximate surface area is 208 Å². The SMILES string of the molecule is Cn1nc(-c2ccccc2)c(-c2ccccc2)c(C(=O)Nc2ccc(Oc3ccccc3)cc2)c1=O. The van der Waals surface area contributed by atoms with E-state index in [1.807, 2.05) is 91.0 Å². The number of aryl methyl sites for hydroxylation is 1. The molecule has 1 aromatic heterocycles. The summed E-state index contributed by atoms with van der Waals surface area (Å²) >= 11 is 0.